The molecule has 2 atom stereocenters. The van der Waals surface area contributed by atoms with Gasteiger partial charge in [0.2, 0.25) is 0 Å². The zero-order chi connectivity index (χ0) is 18.9. The Balaban J connectivity index is 1.85. The van der Waals surface area contributed by atoms with Crippen LogP contribution in [0.2, 0.25) is 0 Å². The largest absolute Gasteiger partial charge is 0.493 e. The summed E-state index contributed by atoms with van der Waals surface area (Å²) in [5, 5.41) is 0.535. The van der Waals surface area contributed by atoms with Crippen LogP contribution in [0.1, 0.15) is 50.2 Å². The highest BCUT2D eigenvalue weighted by atomic mass is 16.5. The van der Waals surface area contributed by atoms with Crippen LogP contribution in [-0.2, 0) is 9.53 Å². The molecule has 5 nitrogen and oxygen atoms in total. The van der Waals surface area contributed by atoms with E-state index in [1.165, 1.54) is 6.26 Å². The number of fused-ring (bicyclic) bond motifs is 6. The molecule has 2 aromatic rings. The first kappa shape index (κ1) is 16.6. The Morgan fingerprint density at radius 2 is 1.96 bits per heavy atom. The molecule has 0 spiro atoms. The smallest absolute Gasteiger partial charge is 0.195 e. The maximum atomic E-state index is 12.9. The van der Waals surface area contributed by atoms with Crippen molar-refractivity contribution in [3.05, 3.63) is 51.1 Å². The summed E-state index contributed by atoms with van der Waals surface area (Å²) in [6, 6.07) is 3.59. The van der Waals surface area contributed by atoms with E-state index in [0.717, 1.165) is 29.7 Å². The van der Waals surface area contributed by atoms with Crippen LogP contribution in [0.25, 0.3) is 11.0 Å². The summed E-state index contributed by atoms with van der Waals surface area (Å²) in [4.78, 5) is 25.5. The molecular weight excluding hydrogens is 344 g/mol. The van der Waals surface area contributed by atoms with Gasteiger partial charge in [0.1, 0.15) is 22.7 Å². The zero-order valence-electron chi connectivity index (χ0n) is 15.8. The molecule has 1 aromatic heterocycles. The maximum absolute atomic E-state index is 12.9. The van der Waals surface area contributed by atoms with Crippen molar-refractivity contribution < 1.29 is 18.7 Å². The van der Waals surface area contributed by atoms with Crippen molar-refractivity contribution in [2.45, 2.75) is 51.6 Å². The SMILES string of the molecule is Cc1coc2c3c(ccc2c1=O)OC[C@H]1[C@@H]3C2=C(CCCC2=O)OC1(C)C. The third kappa shape index (κ3) is 2.23. The highest BCUT2D eigenvalue weighted by Gasteiger charge is 2.51. The van der Waals surface area contributed by atoms with Gasteiger partial charge in [0, 0.05) is 41.4 Å². The molecule has 5 rings (SSSR count). The van der Waals surface area contributed by atoms with E-state index >= 15 is 0 Å². The van der Waals surface area contributed by atoms with Gasteiger partial charge in [-0.3, -0.25) is 9.59 Å². The van der Waals surface area contributed by atoms with E-state index in [4.69, 9.17) is 13.9 Å². The number of Topliss-reactive ketones (excluding diaryl/α,β-unsaturated/α-hetero) is 1. The van der Waals surface area contributed by atoms with Gasteiger partial charge in [0.15, 0.2) is 11.2 Å². The van der Waals surface area contributed by atoms with E-state index in [1.54, 1.807) is 13.0 Å². The van der Waals surface area contributed by atoms with Gasteiger partial charge in [0.25, 0.3) is 0 Å². The minimum atomic E-state index is -0.466. The van der Waals surface area contributed by atoms with Crippen molar-refractivity contribution in [1.29, 1.82) is 0 Å². The molecule has 27 heavy (non-hydrogen) atoms. The standard InChI is InChI=1S/C22H22O5/c1-11-9-26-21-12(20(11)24)7-8-15-19(21)17-13(10-25-15)22(2,3)27-16-6-4-5-14(23)18(16)17/h7-9,13,17H,4-6,10H2,1-3H3/t13-,17+/m0/s1. The van der Waals surface area contributed by atoms with Gasteiger partial charge < -0.3 is 13.9 Å². The van der Waals surface area contributed by atoms with Crippen molar-refractivity contribution in [2.75, 3.05) is 6.61 Å². The molecule has 140 valence electrons. The summed E-state index contributed by atoms with van der Waals surface area (Å²) in [6.07, 6.45) is 3.63. The summed E-state index contributed by atoms with van der Waals surface area (Å²) in [5.41, 5.74) is 2.16. The van der Waals surface area contributed by atoms with Gasteiger partial charge in [-0.25, -0.2) is 0 Å². The molecule has 0 fully saturated rings. The van der Waals surface area contributed by atoms with Crippen LogP contribution in [0, 0.1) is 12.8 Å². The topological polar surface area (TPSA) is 65.7 Å². The molecule has 0 unspecified atom stereocenters. The lowest BCUT2D eigenvalue weighted by Gasteiger charge is -2.48. The van der Waals surface area contributed by atoms with E-state index < -0.39 is 5.60 Å². The lowest BCUT2D eigenvalue weighted by atomic mass is 9.67. The Morgan fingerprint density at radius 1 is 1.15 bits per heavy atom. The highest BCUT2D eigenvalue weighted by Crippen LogP contribution is 2.54. The summed E-state index contributed by atoms with van der Waals surface area (Å²) >= 11 is 0. The minimum Gasteiger partial charge on any atom is -0.493 e. The average Bonchev–Trinajstić information content (AvgIpc) is 2.63. The summed E-state index contributed by atoms with van der Waals surface area (Å²) in [6.45, 7) is 6.31. The molecule has 3 aliphatic rings. The summed E-state index contributed by atoms with van der Waals surface area (Å²) in [7, 11) is 0. The highest BCUT2D eigenvalue weighted by molar-refractivity contribution is 5.99. The van der Waals surface area contributed by atoms with Crippen LogP contribution in [0.3, 0.4) is 0 Å². The Bertz CT molecular complexity index is 1070. The number of allylic oxidation sites excluding steroid dienone is 2. The number of rotatable bonds is 0. The maximum Gasteiger partial charge on any atom is 0.195 e. The van der Waals surface area contributed by atoms with Gasteiger partial charge in [-0.2, -0.15) is 0 Å². The number of ether oxygens (including phenoxy) is 2. The predicted molar refractivity (Wildman–Crippen MR) is 100.0 cm³/mol. The second kappa shape index (κ2) is 5.47. The Morgan fingerprint density at radius 3 is 2.78 bits per heavy atom. The molecule has 2 aliphatic heterocycles. The van der Waals surface area contributed by atoms with Gasteiger partial charge in [0.05, 0.1) is 18.3 Å². The molecule has 0 saturated heterocycles. The molecule has 0 saturated carbocycles. The number of ketones is 1. The molecule has 0 bridgehead atoms. The third-order valence-corrected chi connectivity index (χ3v) is 6.24. The molecule has 5 heteroatoms. The third-order valence-electron chi connectivity index (χ3n) is 6.24. The van der Waals surface area contributed by atoms with Crippen molar-refractivity contribution in [3.63, 3.8) is 0 Å². The number of carbonyl (C=O) groups excluding carboxylic acids is 1. The van der Waals surface area contributed by atoms with Crippen molar-refractivity contribution >= 4 is 16.8 Å². The first-order chi connectivity index (χ1) is 12.9. The Hall–Kier alpha value is -2.56. The second-order valence-electron chi connectivity index (χ2n) is 8.32. The molecule has 0 radical (unpaired) electrons. The molecule has 1 aliphatic carbocycles. The Kier molecular flexibility index (Phi) is 3.37. The lowest BCUT2D eigenvalue weighted by Crippen LogP contribution is -2.49. The number of hydrogen-bond donors (Lipinski definition) is 0. The van der Waals surface area contributed by atoms with E-state index in [9.17, 15) is 9.59 Å². The van der Waals surface area contributed by atoms with Crippen LogP contribution in [0.15, 0.2) is 38.9 Å². The molecule has 0 amide bonds. The quantitative estimate of drug-likeness (QED) is 0.705. The van der Waals surface area contributed by atoms with Gasteiger partial charge in [-0.1, -0.05) is 0 Å². The fourth-order valence-corrected chi connectivity index (χ4v) is 4.83. The van der Waals surface area contributed by atoms with Gasteiger partial charge >= 0.3 is 0 Å². The fraction of sp³-hybridized carbons (Fsp3) is 0.455. The number of aryl methyl sites for hydroxylation is 1. The molecule has 0 N–H and O–H groups in total. The average molecular weight is 366 g/mol. The first-order valence-corrected chi connectivity index (χ1v) is 9.51. The minimum absolute atomic E-state index is 0.0250. The van der Waals surface area contributed by atoms with Crippen LogP contribution in [0.5, 0.6) is 5.75 Å². The van der Waals surface area contributed by atoms with Crippen molar-refractivity contribution in [2.24, 2.45) is 5.92 Å². The zero-order valence-corrected chi connectivity index (χ0v) is 15.8. The van der Waals surface area contributed by atoms with Crippen LogP contribution in [0.4, 0.5) is 0 Å². The summed E-state index contributed by atoms with van der Waals surface area (Å²) < 4.78 is 18.2. The van der Waals surface area contributed by atoms with E-state index in [-0.39, 0.29) is 23.0 Å². The fourth-order valence-electron chi connectivity index (χ4n) is 4.83. The number of hydrogen-bond acceptors (Lipinski definition) is 5. The predicted octanol–water partition coefficient (Wildman–Crippen LogP) is 4.01. The van der Waals surface area contributed by atoms with E-state index in [1.807, 2.05) is 19.9 Å². The second-order valence-corrected chi connectivity index (χ2v) is 8.32. The number of benzene rings is 1. The van der Waals surface area contributed by atoms with E-state index in [2.05, 4.69) is 0 Å². The number of carbonyl (C=O) groups is 1. The monoisotopic (exact) mass is 366 g/mol. The van der Waals surface area contributed by atoms with Crippen LogP contribution >= 0.6 is 0 Å². The molecular formula is C22H22O5. The lowest BCUT2D eigenvalue weighted by molar-refractivity contribution is -0.121. The van der Waals surface area contributed by atoms with Crippen molar-refractivity contribution in [3.8, 4) is 5.75 Å². The molecule has 1 aromatic carbocycles. The van der Waals surface area contributed by atoms with Gasteiger partial charge in [-0.15, -0.1) is 0 Å². The van der Waals surface area contributed by atoms with Crippen molar-refractivity contribution in [1.82, 2.24) is 0 Å². The first-order valence-electron chi connectivity index (χ1n) is 9.51. The van der Waals surface area contributed by atoms with Crippen LogP contribution in [-0.4, -0.2) is 18.0 Å². The van der Waals surface area contributed by atoms with E-state index in [0.29, 0.717) is 35.3 Å². The van der Waals surface area contributed by atoms with Gasteiger partial charge in [-0.05, 0) is 39.3 Å². The van der Waals surface area contributed by atoms with Crippen LogP contribution < -0.4 is 10.2 Å². The summed E-state index contributed by atoms with van der Waals surface area (Å²) in [5.74, 6) is 1.44. The Labute approximate surface area is 157 Å². The normalized spacial score (nSPS) is 26.0. The molecule has 3 heterocycles.